The van der Waals surface area contributed by atoms with Crippen LogP contribution < -0.4 is 4.72 Å². The minimum absolute atomic E-state index is 0.0877. The third kappa shape index (κ3) is 4.01. The number of furan rings is 1. The van der Waals surface area contributed by atoms with Crippen LogP contribution in [0, 0.1) is 6.92 Å². The van der Waals surface area contributed by atoms with Crippen LogP contribution >= 0.6 is 22.9 Å². The molecule has 3 aromatic rings. The summed E-state index contributed by atoms with van der Waals surface area (Å²) in [5.74, 6) is 0.0262. The molecule has 0 unspecified atom stereocenters. The highest BCUT2D eigenvalue weighted by Gasteiger charge is 2.19. The van der Waals surface area contributed by atoms with Gasteiger partial charge in [0, 0.05) is 16.4 Å². The minimum atomic E-state index is -3.70. The maximum Gasteiger partial charge on any atom is 0.241 e. The molecule has 0 amide bonds. The lowest BCUT2D eigenvalue weighted by Crippen LogP contribution is -2.23. The summed E-state index contributed by atoms with van der Waals surface area (Å²) < 4.78 is 32.5. The zero-order chi connectivity index (χ0) is 18.0. The van der Waals surface area contributed by atoms with E-state index in [9.17, 15) is 13.2 Å². The van der Waals surface area contributed by atoms with Crippen molar-refractivity contribution in [1.29, 1.82) is 0 Å². The molecule has 8 heteroatoms. The maximum atomic E-state index is 12.5. The van der Waals surface area contributed by atoms with E-state index in [-0.39, 0.29) is 23.0 Å². The Kier molecular flexibility index (Phi) is 5.10. The second kappa shape index (κ2) is 7.13. The molecule has 0 aliphatic carbocycles. The van der Waals surface area contributed by atoms with E-state index in [0.717, 1.165) is 4.88 Å². The van der Waals surface area contributed by atoms with Gasteiger partial charge in [0.2, 0.25) is 15.8 Å². The number of carbonyl (C=O) groups is 1. The van der Waals surface area contributed by atoms with Gasteiger partial charge in [-0.1, -0.05) is 17.7 Å². The molecule has 2 aromatic heterocycles. The summed E-state index contributed by atoms with van der Waals surface area (Å²) in [5, 5.41) is 0.355. The second-order valence-electron chi connectivity index (χ2n) is 5.31. The Bertz CT molecular complexity index is 1010. The molecule has 0 atom stereocenters. The van der Waals surface area contributed by atoms with Gasteiger partial charge in [0.25, 0.3) is 0 Å². The van der Waals surface area contributed by atoms with Crippen LogP contribution in [0.15, 0.2) is 58.0 Å². The summed E-state index contributed by atoms with van der Waals surface area (Å²) in [7, 11) is -3.70. The van der Waals surface area contributed by atoms with Gasteiger partial charge in [-0.3, -0.25) is 4.79 Å². The Balaban J connectivity index is 1.74. The minimum Gasteiger partial charge on any atom is -0.461 e. The van der Waals surface area contributed by atoms with Crippen molar-refractivity contribution in [2.45, 2.75) is 18.4 Å². The first kappa shape index (κ1) is 17.9. The van der Waals surface area contributed by atoms with E-state index in [4.69, 9.17) is 16.0 Å². The number of nitrogens with one attached hydrogen (secondary N) is 1. The van der Waals surface area contributed by atoms with Gasteiger partial charge in [-0.05, 0) is 48.9 Å². The monoisotopic (exact) mass is 395 g/mol. The summed E-state index contributed by atoms with van der Waals surface area (Å²) in [6.07, 6.45) is 1.43. The summed E-state index contributed by atoms with van der Waals surface area (Å²) in [6.45, 7) is 1.79. The molecule has 0 radical (unpaired) electrons. The van der Waals surface area contributed by atoms with E-state index < -0.39 is 10.0 Å². The average Bonchev–Trinajstić information content (AvgIpc) is 3.26. The fourth-order valence-electron chi connectivity index (χ4n) is 2.23. The van der Waals surface area contributed by atoms with Crippen molar-refractivity contribution in [3.05, 3.63) is 74.8 Å². The Morgan fingerprint density at radius 2 is 2.04 bits per heavy atom. The number of hydrogen-bond donors (Lipinski definition) is 1. The number of carbonyl (C=O) groups excluding carboxylic acids is 1. The van der Waals surface area contributed by atoms with Crippen LogP contribution in [0.2, 0.25) is 5.02 Å². The van der Waals surface area contributed by atoms with Crippen LogP contribution in [-0.2, 0) is 16.6 Å². The number of halogens is 1. The molecular weight excluding hydrogens is 382 g/mol. The van der Waals surface area contributed by atoms with Crippen molar-refractivity contribution in [1.82, 2.24) is 4.72 Å². The molecule has 130 valence electrons. The smallest absolute Gasteiger partial charge is 0.241 e. The molecule has 2 heterocycles. The predicted molar refractivity (Wildman–Crippen MR) is 96.7 cm³/mol. The van der Waals surface area contributed by atoms with Gasteiger partial charge >= 0.3 is 0 Å². The molecule has 1 N–H and O–H groups in total. The van der Waals surface area contributed by atoms with Crippen molar-refractivity contribution in [2.75, 3.05) is 0 Å². The lowest BCUT2D eigenvalue weighted by molar-refractivity contribution is 0.101. The van der Waals surface area contributed by atoms with Gasteiger partial charge in [0.05, 0.1) is 16.0 Å². The van der Waals surface area contributed by atoms with Crippen LogP contribution in [-0.4, -0.2) is 14.2 Å². The lowest BCUT2D eigenvalue weighted by atomic mass is 10.2. The fraction of sp³-hybridized carbons (Fsp3) is 0.118. The van der Waals surface area contributed by atoms with Crippen molar-refractivity contribution in [3.8, 4) is 0 Å². The van der Waals surface area contributed by atoms with Crippen molar-refractivity contribution in [3.63, 3.8) is 0 Å². The third-order valence-corrected chi connectivity index (χ3v) is 6.37. The molecule has 25 heavy (non-hydrogen) atoms. The van der Waals surface area contributed by atoms with E-state index >= 15 is 0 Å². The van der Waals surface area contributed by atoms with Crippen LogP contribution in [0.4, 0.5) is 0 Å². The van der Waals surface area contributed by atoms with E-state index in [0.29, 0.717) is 15.5 Å². The summed E-state index contributed by atoms with van der Waals surface area (Å²) >= 11 is 7.11. The molecule has 0 saturated heterocycles. The largest absolute Gasteiger partial charge is 0.461 e. The number of sulfonamides is 1. The van der Waals surface area contributed by atoms with Crippen molar-refractivity contribution in [2.24, 2.45) is 0 Å². The molecule has 0 bridgehead atoms. The van der Waals surface area contributed by atoms with Crippen molar-refractivity contribution >= 4 is 38.7 Å². The standard InChI is InChI=1S/C17H14ClNO4S2/c1-11-4-5-12(18)9-16(11)25(21,22)19-10-13-6-7-15(24-13)17(20)14-3-2-8-23-14/h2-9,19H,10H2,1H3. The predicted octanol–water partition coefficient (Wildman–Crippen LogP) is 4.01. The number of ketones is 1. The molecule has 0 spiro atoms. The number of aryl methyl sites for hydroxylation is 1. The molecule has 0 saturated carbocycles. The van der Waals surface area contributed by atoms with Gasteiger partial charge in [0.1, 0.15) is 0 Å². The fourth-order valence-corrected chi connectivity index (χ4v) is 4.73. The second-order valence-corrected chi connectivity index (χ2v) is 8.65. The van der Waals surface area contributed by atoms with E-state index in [1.165, 1.54) is 23.7 Å². The van der Waals surface area contributed by atoms with Gasteiger partial charge in [-0.15, -0.1) is 11.3 Å². The highest BCUT2D eigenvalue weighted by atomic mass is 35.5. The maximum absolute atomic E-state index is 12.5. The summed E-state index contributed by atoms with van der Waals surface area (Å²) in [5.41, 5.74) is 0.608. The van der Waals surface area contributed by atoms with Gasteiger partial charge in [-0.2, -0.15) is 0 Å². The van der Waals surface area contributed by atoms with Crippen LogP contribution in [0.1, 0.15) is 25.9 Å². The number of thiophene rings is 1. The van der Waals surface area contributed by atoms with Gasteiger partial charge in [-0.25, -0.2) is 13.1 Å². The van der Waals surface area contributed by atoms with E-state index in [1.54, 1.807) is 43.3 Å². The molecule has 0 fully saturated rings. The molecule has 0 aliphatic rings. The SMILES string of the molecule is Cc1ccc(Cl)cc1S(=O)(=O)NCc1ccc(C(=O)c2ccco2)s1. The Morgan fingerprint density at radius 1 is 1.24 bits per heavy atom. The number of rotatable bonds is 6. The topological polar surface area (TPSA) is 76.4 Å². The van der Waals surface area contributed by atoms with Gasteiger partial charge < -0.3 is 4.42 Å². The molecular formula is C17H14ClNO4S2. The quantitative estimate of drug-likeness (QED) is 0.639. The summed E-state index contributed by atoms with van der Waals surface area (Å²) in [6, 6.07) is 11.3. The van der Waals surface area contributed by atoms with Crippen LogP contribution in [0.5, 0.6) is 0 Å². The normalized spacial score (nSPS) is 11.6. The van der Waals surface area contributed by atoms with E-state index in [2.05, 4.69) is 4.72 Å². The zero-order valence-electron chi connectivity index (χ0n) is 13.2. The zero-order valence-corrected chi connectivity index (χ0v) is 15.5. The van der Waals surface area contributed by atoms with Crippen LogP contribution in [0.25, 0.3) is 0 Å². The highest BCUT2D eigenvalue weighted by molar-refractivity contribution is 7.89. The molecule has 3 rings (SSSR count). The molecule has 1 aromatic carbocycles. The van der Waals surface area contributed by atoms with Gasteiger partial charge in [0.15, 0.2) is 5.76 Å². The van der Waals surface area contributed by atoms with Crippen LogP contribution in [0.3, 0.4) is 0 Å². The van der Waals surface area contributed by atoms with Crippen molar-refractivity contribution < 1.29 is 17.6 Å². The Labute approximate surface area is 154 Å². The number of hydrogen-bond acceptors (Lipinski definition) is 5. The van der Waals surface area contributed by atoms with E-state index in [1.807, 2.05) is 0 Å². The Hall–Kier alpha value is -1.93. The molecule has 5 nitrogen and oxygen atoms in total. The average molecular weight is 396 g/mol. The number of benzene rings is 1. The first-order chi connectivity index (χ1) is 11.9. The Morgan fingerprint density at radius 3 is 2.76 bits per heavy atom. The lowest BCUT2D eigenvalue weighted by Gasteiger charge is -2.09. The highest BCUT2D eigenvalue weighted by Crippen LogP contribution is 2.23. The first-order valence-electron chi connectivity index (χ1n) is 7.29. The third-order valence-electron chi connectivity index (χ3n) is 3.51. The molecule has 0 aliphatic heterocycles. The first-order valence-corrected chi connectivity index (χ1v) is 9.97. The summed E-state index contributed by atoms with van der Waals surface area (Å²) in [4.78, 5) is 13.5.